The molecule has 0 radical (unpaired) electrons. The van der Waals surface area contributed by atoms with Crippen molar-refractivity contribution in [2.45, 2.75) is 13.5 Å². The lowest BCUT2D eigenvalue weighted by Gasteiger charge is -2.10. The van der Waals surface area contributed by atoms with Crippen molar-refractivity contribution in [2.24, 2.45) is 0 Å². The molecule has 0 fully saturated rings. The van der Waals surface area contributed by atoms with E-state index in [0.717, 1.165) is 33.5 Å². The first kappa shape index (κ1) is 15.2. The molecule has 2 aromatic heterocycles. The number of hydrogen-bond acceptors (Lipinski definition) is 5. The lowest BCUT2D eigenvalue weighted by Crippen LogP contribution is -2.01. The summed E-state index contributed by atoms with van der Waals surface area (Å²) in [5.74, 6) is 0. The zero-order valence-electron chi connectivity index (χ0n) is 13.7. The van der Waals surface area contributed by atoms with Gasteiger partial charge in [-0.05, 0) is 30.2 Å². The van der Waals surface area contributed by atoms with Crippen LogP contribution >= 0.6 is 0 Å². The van der Waals surface area contributed by atoms with Crippen molar-refractivity contribution in [3.63, 3.8) is 0 Å². The molecule has 0 unspecified atom stereocenters. The monoisotopic (exact) mass is 332 g/mol. The Bertz CT molecular complexity index is 1080. The van der Waals surface area contributed by atoms with E-state index in [1.165, 1.54) is 6.26 Å². The van der Waals surface area contributed by atoms with Crippen LogP contribution in [-0.2, 0) is 6.54 Å². The average Bonchev–Trinajstić information content (AvgIpc) is 3.13. The first-order valence-corrected chi connectivity index (χ1v) is 7.98. The first-order valence-electron chi connectivity index (χ1n) is 7.98. The molecule has 124 valence electrons. The van der Waals surface area contributed by atoms with Crippen molar-refractivity contribution < 1.29 is 8.94 Å². The molecule has 1 N–H and O–H groups in total. The van der Waals surface area contributed by atoms with E-state index in [9.17, 15) is 4.79 Å². The van der Waals surface area contributed by atoms with Crippen molar-refractivity contribution >= 4 is 16.7 Å². The second kappa shape index (κ2) is 6.28. The van der Waals surface area contributed by atoms with E-state index in [4.69, 9.17) is 8.94 Å². The van der Waals surface area contributed by atoms with Crippen molar-refractivity contribution in [3.05, 3.63) is 82.5 Å². The normalized spacial score (nSPS) is 10.9. The van der Waals surface area contributed by atoms with Gasteiger partial charge in [-0.2, -0.15) is 0 Å². The number of aryl methyl sites for hydroxylation is 1. The van der Waals surface area contributed by atoms with Gasteiger partial charge in [-0.15, -0.1) is 0 Å². The Kier molecular flexibility index (Phi) is 3.82. The third-order valence-corrected chi connectivity index (χ3v) is 4.14. The lowest BCUT2D eigenvalue weighted by atomic mass is 9.98. The maximum absolute atomic E-state index is 12.0. The van der Waals surface area contributed by atoms with Crippen LogP contribution in [0.2, 0.25) is 0 Å². The summed E-state index contributed by atoms with van der Waals surface area (Å²) in [6, 6.07) is 17.1. The predicted octanol–water partition coefficient (Wildman–Crippen LogP) is 4.37. The summed E-state index contributed by atoms with van der Waals surface area (Å²) < 4.78 is 10.2. The van der Waals surface area contributed by atoms with E-state index in [2.05, 4.69) is 10.5 Å². The van der Waals surface area contributed by atoms with Crippen LogP contribution in [0.15, 0.2) is 74.6 Å². The summed E-state index contributed by atoms with van der Waals surface area (Å²) in [5.41, 5.74) is 4.87. The summed E-state index contributed by atoms with van der Waals surface area (Å²) in [6.07, 6.45) is 1.53. The fraction of sp³-hybridized carbons (Fsp3) is 0.100. The molecule has 0 aliphatic carbocycles. The minimum atomic E-state index is -0.362. The van der Waals surface area contributed by atoms with Crippen molar-refractivity contribution in [1.29, 1.82) is 0 Å². The highest BCUT2D eigenvalue weighted by atomic mass is 16.5. The lowest BCUT2D eigenvalue weighted by molar-refractivity contribution is 0.412. The Hall–Kier alpha value is -3.34. The van der Waals surface area contributed by atoms with Crippen LogP contribution in [0.1, 0.15) is 11.3 Å². The van der Waals surface area contributed by atoms with Crippen LogP contribution < -0.4 is 10.9 Å². The molecule has 4 aromatic rings. The van der Waals surface area contributed by atoms with Gasteiger partial charge in [0.2, 0.25) is 0 Å². The molecule has 2 aromatic carbocycles. The van der Waals surface area contributed by atoms with E-state index in [-0.39, 0.29) is 5.63 Å². The molecule has 5 nitrogen and oxygen atoms in total. The molecule has 0 amide bonds. The minimum absolute atomic E-state index is 0.362. The third-order valence-electron chi connectivity index (χ3n) is 4.14. The molecule has 25 heavy (non-hydrogen) atoms. The highest BCUT2D eigenvalue weighted by Crippen LogP contribution is 2.31. The fourth-order valence-corrected chi connectivity index (χ4v) is 2.89. The highest BCUT2D eigenvalue weighted by molar-refractivity contribution is 5.95. The maximum atomic E-state index is 12.0. The third kappa shape index (κ3) is 3.04. The predicted molar refractivity (Wildman–Crippen MR) is 96.5 cm³/mol. The molecule has 2 heterocycles. The first-order chi connectivity index (χ1) is 12.2. The molecule has 0 atom stereocenters. The van der Waals surface area contributed by atoms with Gasteiger partial charge in [0.1, 0.15) is 17.5 Å². The zero-order chi connectivity index (χ0) is 17.2. The second-order valence-electron chi connectivity index (χ2n) is 5.85. The number of nitrogens with one attached hydrogen (secondary N) is 1. The van der Waals surface area contributed by atoms with Crippen molar-refractivity contribution in [1.82, 2.24) is 5.16 Å². The van der Waals surface area contributed by atoms with Gasteiger partial charge >= 0.3 is 5.63 Å². The van der Waals surface area contributed by atoms with E-state index < -0.39 is 0 Å². The number of anilines is 1. The van der Waals surface area contributed by atoms with Crippen molar-refractivity contribution in [2.75, 3.05) is 5.32 Å². The fourth-order valence-electron chi connectivity index (χ4n) is 2.89. The standard InChI is InChI=1S/C20H16N2O3/c1-13-4-2-3-5-16(13)18-11-20(23)25-19-10-14(6-7-17(18)19)21-12-15-8-9-24-22-15/h2-11,21H,12H2,1H3. The Balaban J connectivity index is 1.76. The summed E-state index contributed by atoms with van der Waals surface area (Å²) >= 11 is 0. The minimum Gasteiger partial charge on any atom is -0.423 e. The number of rotatable bonds is 4. The van der Waals surface area contributed by atoms with Gasteiger partial charge in [0.05, 0.1) is 6.54 Å². The molecule has 0 aliphatic rings. The molecule has 0 saturated heterocycles. The van der Waals surface area contributed by atoms with Crippen LogP contribution in [0.25, 0.3) is 22.1 Å². The quantitative estimate of drug-likeness (QED) is 0.562. The number of hydrogen-bond donors (Lipinski definition) is 1. The van der Waals surface area contributed by atoms with Crippen LogP contribution in [0.4, 0.5) is 5.69 Å². The average molecular weight is 332 g/mol. The molecule has 5 heteroatoms. The van der Waals surface area contributed by atoms with Gasteiger partial charge in [-0.25, -0.2) is 4.79 Å². The number of aromatic nitrogens is 1. The second-order valence-corrected chi connectivity index (χ2v) is 5.85. The van der Waals surface area contributed by atoms with Crippen LogP contribution in [-0.4, -0.2) is 5.16 Å². The van der Waals surface area contributed by atoms with Crippen molar-refractivity contribution in [3.8, 4) is 11.1 Å². The van der Waals surface area contributed by atoms with Gasteiger partial charge in [-0.3, -0.25) is 0 Å². The molecule has 0 saturated carbocycles. The number of fused-ring (bicyclic) bond motifs is 1. The van der Waals surface area contributed by atoms with Crippen LogP contribution in [0.5, 0.6) is 0 Å². The van der Waals surface area contributed by atoms with Gasteiger partial charge in [0, 0.05) is 34.8 Å². The summed E-state index contributed by atoms with van der Waals surface area (Å²) in [6.45, 7) is 2.56. The Morgan fingerprint density at radius 2 is 1.92 bits per heavy atom. The summed E-state index contributed by atoms with van der Waals surface area (Å²) in [4.78, 5) is 12.0. The Morgan fingerprint density at radius 3 is 2.72 bits per heavy atom. The van der Waals surface area contributed by atoms with Gasteiger partial charge in [0.15, 0.2) is 0 Å². The molecular weight excluding hydrogens is 316 g/mol. The van der Waals surface area contributed by atoms with Gasteiger partial charge in [-0.1, -0.05) is 29.4 Å². The van der Waals surface area contributed by atoms with E-state index in [1.54, 1.807) is 12.1 Å². The largest absolute Gasteiger partial charge is 0.423 e. The van der Waals surface area contributed by atoms with Crippen LogP contribution in [0, 0.1) is 6.92 Å². The van der Waals surface area contributed by atoms with E-state index in [0.29, 0.717) is 12.1 Å². The van der Waals surface area contributed by atoms with Gasteiger partial charge < -0.3 is 14.3 Å². The molecule has 0 bridgehead atoms. The van der Waals surface area contributed by atoms with E-state index >= 15 is 0 Å². The Morgan fingerprint density at radius 1 is 1.04 bits per heavy atom. The SMILES string of the molecule is Cc1ccccc1-c1cc(=O)oc2cc(NCc3ccon3)ccc12. The zero-order valence-corrected chi connectivity index (χ0v) is 13.7. The Labute approximate surface area is 143 Å². The van der Waals surface area contributed by atoms with Crippen LogP contribution in [0.3, 0.4) is 0 Å². The highest BCUT2D eigenvalue weighted by Gasteiger charge is 2.10. The number of nitrogens with zero attached hydrogens (tertiary/aromatic N) is 1. The smallest absolute Gasteiger partial charge is 0.336 e. The molecule has 0 spiro atoms. The summed E-state index contributed by atoms with van der Waals surface area (Å²) in [7, 11) is 0. The maximum Gasteiger partial charge on any atom is 0.336 e. The molecule has 0 aliphatic heterocycles. The molecule has 4 rings (SSSR count). The molecular formula is C20H16N2O3. The van der Waals surface area contributed by atoms with E-state index in [1.807, 2.05) is 49.4 Å². The summed E-state index contributed by atoms with van der Waals surface area (Å²) in [5, 5.41) is 8.01. The topological polar surface area (TPSA) is 68.3 Å². The number of benzene rings is 2. The van der Waals surface area contributed by atoms with Gasteiger partial charge in [0.25, 0.3) is 0 Å².